The van der Waals surface area contributed by atoms with E-state index in [0.29, 0.717) is 44.4 Å². The minimum absolute atomic E-state index is 0.0163. The van der Waals surface area contributed by atoms with Crippen molar-refractivity contribution in [2.75, 3.05) is 32.7 Å². The first-order valence-electron chi connectivity index (χ1n) is 14.0. The molecule has 3 aliphatic rings. The molecule has 0 spiro atoms. The molecule has 0 unspecified atom stereocenters. The lowest BCUT2D eigenvalue weighted by Gasteiger charge is -2.38. The number of rotatable bonds is 6. The first-order chi connectivity index (χ1) is 19.4. The van der Waals surface area contributed by atoms with Gasteiger partial charge in [0.05, 0.1) is 6.04 Å². The Morgan fingerprint density at radius 1 is 0.975 bits per heavy atom. The minimum atomic E-state index is -0.214. The smallest absolute Gasteiger partial charge is 0.275 e. The van der Waals surface area contributed by atoms with Crippen LogP contribution in [-0.2, 0) is 22.6 Å². The monoisotopic (exact) mass is 542 g/mol. The van der Waals surface area contributed by atoms with E-state index in [-0.39, 0.29) is 42.0 Å². The third kappa shape index (κ3) is 5.33. The Morgan fingerprint density at radius 2 is 1.70 bits per heavy atom. The Bertz CT molecular complexity index is 1420. The van der Waals surface area contributed by atoms with Gasteiger partial charge in [-0.25, -0.2) is 4.98 Å². The number of aryl methyl sites for hydroxylation is 1. The SMILES string of the molecule is CC(=O)N1CCN(C(=O)c2coc(COc3ccc4c(c3)[C@@H](c3ccc(C)cc3)N(C(=O)C3CC3)CC4)n2)CC1. The fourth-order valence-electron chi connectivity index (χ4n) is 5.60. The molecule has 0 radical (unpaired) electrons. The Labute approximate surface area is 233 Å². The lowest BCUT2D eigenvalue weighted by atomic mass is 9.87. The van der Waals surface area contributed by atoms with Gasteiger partial charge in [-0.1, -0.05) is 35.9 Å². The van der Waals surface area contributed by atoms with E-state index >= 15 is 0 Å². The zero-order valence-electron chi connectivity index (χ0n) is 23.0. The number of nitrogens with zero attached hydrogens (tertiary/aromatic N) is 4. The van der Waals surface area contributed by atoms with Crippen LogP contribution in [-0.4, -0.2) is 70.1 Å². The Hall–Kier alpha value is -4.14. The molecular weight excluding hydrogens is 508 g/mol. The summed E-state index contributed by atoms with van der Waals surface area (Å²) in [6.07, 6.45) is 4.12. The van der Waals surface area contributed by atoms with Crippen molar-refractivity contribution in [2.45, 2.75) is 45.8 Å². The van der Waals surface area contributed by atoms with E-state index in [1.54, 1.807) is 9.80 Å². The van der Waals surface area contributed by atoms with Gasteiger partial charge in [-0.3, -0.25) is 14.4 Å². The summed E-state index contributed by atoms with van der Waals surface area (Å²) >= 11 is 0. The Kier molecular flexibility index (Phi) is 7.04. The number of ether oxygens (including phenoxy) is 1. The maximum Gasteiger partial charge on any atom is 0.275 e. The molecule has 1 aliphatic carbocycles. The molecule has 1 atom stereocenters. The topological polar surface area (TPSA) is 96.2 Å². The number of oxazole rings is 1. The predicted octanol–water partition coefficient (Wildman–Crippen LogP) is 3.75. The first-order valence-corrected chi connectivity index (χ1v) is 14.0. The van der Waals surface area contributed by atoms with E-state index in [2.05, 4.69) is 42.2 Å². The first kappa shape index (κ1) is 26.1. The van der Waals surface area contributed by atoms with E-state index in [0.717, 1.165) is 30.4 Å². The maximum atomic E-state index is 13.3. The summed E-state index contributed by atoms with van der Waals surface area (Å²) in [7, 11) is 0. The molecule has 9 heteroatoms. The number of hydrogen-bond donors (Lipinski definition) is 0. The molecule has 208 valence electrons. The van der Waals surface area contributed by atoms with E-state index in [1.807, 2.05) is 17.0 Å². The molecule has 3 amide bonds. The van der Waals surface area contributed by atoms with Gasteiger partial charge < -0.3 is 23.9 Å². The summed E-state index contributed by atoms with van der Waals surface area (Å²) in [5.74, 6) is 1.15. The van der Waals surface area contributed by atoms with Gasteiger partial charge in [0.25, 0.3) is 5.91 Å². The maximum absolute atomic E-state index is 13.3. The van der Waals surface area contributed by atoms with Gasteiger partial charge in [-0.15, -0.1) is 0 Å². The second kappa shape index (κ2) is 10.8. The number of carbonyl (C=O) groups excluding carboxylic acids is 3. The standard InChI is InChI=1S/C31H34N4O5/c1-20-3-5-23(6-4-20)29-26-17-25(10-9-22(26)11-12-35(29)30(37)24-7-8-24)39-19-28-32-27(18-40-28)31(38)34-15-13-33(14-16-34)21(2)36/h3-6,9-10,17-18,24,29H,7-8,11-16,19H2,1-2H3/t29-/m1/s1. The van der Waals surface area contributed by atoms with Crippen molar-refractivity contribution in [1.29, 1.82) is 0 Å². The molecule has 2 fully saturated rings. The third-order valence-corrected chi connectivity index (χ3v) is 8.09. The number of carbonyl (C=O) groups is 3. The van der Waals surface area contributed by atoms with Gasteiger partial charge in [0.2, 0.25) is 17.7 Å². The molecule has 2 aromatic carbocycles. The molecule has 0 N–H and O–H groups in total. The van der Waals surface area contributed by atoms with Crippen molar-refractivity contribution in [2.24, 2.45) is 5.92 Å². The van der Waals surface area contributed by atoms with Crippen LogP contribution < -0.4 is 4.74 Å². The van der Waals surface area contributed by atoms with Crippen molar-refractivity contribution >= 4 is 17.7 Å². The van der Waals surface area contributed by atoms with E-state index in [4.69, 9.17) is 9.15 Å². The summed E-state index contributed by atoms with van der Waals surface area (Å²) in [4.78, 5) is 47.5. The zero-order chi connectivity index (χ0) is 27.8. The van der Waals surface area contributed by atoms with Crippen molar-refractivity contribution < 1.29 is 23.5 Å². The summed E-state index contributed by atoms with van der Waals surface area (Å²) < 4.78 is 11.6. The average Bonchev–Trinajstić information content (AvgIpc) is 3.72. The Morgan fingerprint density at radius 3 is 2.40 bits per heavy atom. The van der Waals surface area contributed by atoms with Crippen LogP contribution in [0.3, 0.4) is 0 Å². The highest BCUT2D eigenvalue weighted by Crippen LogP contribution is 2.41. The van der Waals surface area contributed by atoms with Crippen LogP contribution in [0.4, 0.5) is 0 Å². The number of piperazine rings is 1. The summed E-state index contributed by atoms with van der Waals surface area (Å²) in [5.41, 5.74) is 4.80. The van der Waals surface area contributed by atoms with Crippen LogP contribution in [0.5, 0.6) is 5.75 Å². The number of benzene rings is 2. The number of aromatic nitrogens is 1. The molecule has 9 nitrogen and oxygen atoms in total. The van der Waals surface area contributed by atoms with Crippen LogP contribution >= 0.6 is 0 Å². The second-order valence-electron chi connectivity index (χ2n) is 10.9. The highest BCUT2D eigenvalue weighted by molar-refractivity contribution is 5.92. The second-order valence-corrected chi connectivity index (χ2v) is 10.9. The number of hydrogen-bond acceptors (Lipinski definition) is 6. The van der Waals surface area contributed by atoms with Crippen molar-refractivity contribution in [3.05, 3.63) is 82.6 Å². The number of fused-ring (bicyclic) bond motifs is 1. The molecule has 40 heavy (non-hydrogen) atoms. The van der Waals surface area contributed by atoms with Crippen LogP contribution in [0.2, 0.25) is 0 Å². The van der Waals surface area contributed by atoms with Gasteiger partial charge in [0.15, 0.2) is 12.3 Å². The van der Waals surface area contributed by atoms with Crippen LogP contribution in [0.1, 0.15) is 64.4 Å². The fraction of sp³-hybridized carbons (Fsp3) is 0.419. The molecular formula is C31H34N4O5. The molecule has 6 rings (SSSR count). The van der Waals surface area contributed by atoms with Gasteiger partial charge in [0, 0.05) is 45.6 Å². The summed E-state index contributed by atoms with van der Waals surface area (Å²) in [6.45, 7) is 6.34. The van der Waals surface area contributed by atoms with Gasteiger partial charge in [-0.05, 0) is 55.0 Å². The molecule has 3 heterocycles. The minimum Gasteiger partial charge on any atom is -0.484 e. The van der Waals surface area contributed by atoms with E-state index in [1.165, 1.54) is 24.3 Å². The van der Waals surface area contributed by atoms with Crippen molar-refractivity contribution in [1.82, 2.24) is 19.7 Å². The molecule has 3 aromatic rings. The van der Waals surface area contributed by atoms with E-state index in [9.17, 15) is 14.4 Å². The van der Waals surface area contributed by atoms with Crippen LogP contribution in [0.25, 0.3) is 0 Å². The molecule has 1 saturated heterocycles. The van der Waals surface area contributed by atoms with Gasteiger partial charge in [-0.2, -0.15) is 0 Å². The van der Waals surface area contributed by atoms with Crippen LogP contribution in [0, 0.1) is 12.8 Å². The molecule has 1 aromatic heterocycles. The highest BCUT2D eigenvalue weighted by atomic mass is 16.5. The van der Waals surface area contributed by atoms with E-state index < -0.39 is 0 Å². The lowest BCUT2D eigenvalue weighted by Crippen LogP contribution is -2.50. The van der Waals surface area contributed by atoms with Gasteiger partial charge >= 0.3 is 0 Å². The molecule has 1 saturated carbocycles. The average molecular weight is 543 g/mol. The zero-order valence-corrected chi connectivity index (χ0v) is 23.0. The Balaban J connectivity index is 1.16. The largest absolute Gasteiger partial charge is 0.484 e. The highest BCUT2D eigenvalue weighted by Gasteiger charge is 2.39. The van der Waals surface area contributed by atoms with Gasteiger partial charge in [0.1, 0.15) is 12.0 Å². The molecule has 2 aliphatic heterocycles. The van der Waals surface area contributed by atoms with Crippen molar-refractivity contribution in [3.63, 3.8) is 0 Å². The normalized spacial score (nSPS) is 18.9. The fourth-order valence-corrected chi connectivity index (χ4v) is 5.60. The number of amides is 3. The summed E-state index contributed by atoms with van der Waals surface area (Å²) in [5, 5.41) is 0. The predicted molar refractivity (Wildman–Crippen MR) is 147 cm³/mol. The quantitative estimate of drug-likeness (QED) is 0.471. The van der Waals surface area contributed by atoms with Crippen LogP contribution in [0.15, 0.2) is 53.1 Å². The van der Waals surface area contributed by atoms with Crippen molar-refractivity contribution in [3.8, 4) is 5.75 Å². The third-order valence-electron chi connectivity index (χ3n) is 8.09. The lowest BCUT2D eigenvalue weighted by molar-refractivity contribution is -0.134. The molecule has 0 bridgehead atoms. The summed E-state index contributed by atoms with van der Waals surface area (Å²) in [6, 6.07) is 14.3.